The van der Waals surface area contributed by atoms with E-state index in [1.165, 1.54) is 6.20 Å². The number of aromatic nitrogens is 3. The molecule has 3 heterocycles. The lowest BCUT2D eigenvalue weighted by atomic mass is 10.1. The zero-order chi connectivity index (χ0) is 17.9. The number of rotatable bonds is 3. The maximum atomic E-state index is 12.6. The summed E-state index contributed by atoms with van der Waals surface area (Å²) in [6, 6.07) is 5.55. The Kier molecular flexibility index (Phi) is 4.42. The molecule has 9 heteroatoms. The van der Waals surface area contributed by atoms with Crippen molar-refractivity contribution in [2.45, 2.75) is 12.8 Å². The molecule has 0 radical (unpaired) electrons. The zero-order valence-corrected chi connectivity index (χ0v) is 14.2. The Balaban J connectivity index is 1.36. The van der Waals surface area contributed by atoms with Crippen molar-refractivity contribution in [3.63, 3.8) is 0 Å². The van der Waals surface area contributed by atoms with Gasteiger partial charge in [-0.25, -0.2) is 0 Å². The zero-order valence-electron chi connectivity index (χ0n) is 14.2. The predicted octanol–water partition coefficient (Wildman–Crippen LogP) is 0.451. The summed E-state index contributed by atoms with van der Waals surface area (Å²) in [4.78, 5) is 28.5. The molecule has 1 aromatic heterocycles. The SMILES string of the molecule is O=C(Cc1ccc2c(c1)OCO2)N1CCCN(C(=O)c2cn[nH]n2)CC1. The van der Waals surface area contributed by atoms with Crippen LogP contribution in [0.3, 0.4) is 0 Å². The molecule has 26 heavy (non-hydrogen) atoms. The number of H-pyrrole nitrogens is 1. The van der Waals surface area contributed by atoms with E-state index in [0.717, 1.165) is 12.0 Å². The second kappa shape index (κ2) is 7.03. The largest absolute Gasteiger partial charge is 0.454 e. The van der Waals surface area contributed by atoms with Gasteiger partial charge in [-0.05, 0) is 24.1 Å². The number of nitrogens with zero attached hydrogens (tertiary/aromatic N) is 4. The lowest BCUT2D eigenvalue weighted by Gasteiger charge is -2.21. The summed E-state index contributed by atoms with van der Waals surface area (Å²) in [7, 11) is 0. The van der Waals surface area contributed by atoms with Crippen LogP contribution in [0.1, 0.15) is 22.5 Å². The van der Waals surface area contributed by atoms with Crippen LogP contribution in [0, 0.1) is 0 Å². The van der Waals surface area contributed by atoms with E-state index in [0.29, 0.717) is 49.8 Å². The van der Waals surface area contributed by atoms with Crippen molar-refractivity contribution >= 4 is 11.8 Å². The minimum Gasteiger partial charge on any atom is -0.454 e. The number of hydrogen-bond donors (Lipinski definition) is 1. The average molecular weight is 357 g/mol. The molecular formula is C17H19N5O4. The summed E-state index contributed by atoms with van der Waals surface area (Å²) < 4.78 is 10.6. The Morgan fingerprint density at radius 2 is 1.88 bits per heavy atom. The molecule has 0 aliphatic carbocycles. The molecule has 1 saturated heterocycles. The van der Waals surface area contributed by atoms with Gasteiger partial charge in [0.25, 0.3) is 5.91 Å². The molecule has 4 rings (SSSR count). The van der Waals surface area contributed by atoms with E-state index in [-0.39, 0.29) is 18.6 Å². The van der Waals surface area contributed by atoms with Crippen molar-refractivity contribution in [2.75, 3.05) is 33.0 Å². The standard InChI is InChI=1S/C17H19N5O4/c23-16(9-12-2-3-14-15(8-12)26-11-25-14)21-4-1-5-22(7-6-21)17(24)13-10-18-20-19-13/h2-3,8,10H,1,4-7,9,11H2,(H,18,19,20). The molecule has 1 aromatic carbocycles. The molecule has 0 bridgehead atoms. The lowest BCUT2D eigenvalue weighted by molar-refractivity contribution is -0.130. The first-order valence-corrected chi connectivity index (χ1v) is 8.52. The van der Waals surface area contributed by atoms with Gasteiger partial charge >= 0.3 is 0 Å². The van der Waals surface area contributed by atoms with Gasteiger partial charge in [-0.15, -0.1) is 0 Å². The number of carbonyl (C=O) groups is 2. The summed E-state index contributed by atoms with van der Waals surface area (Å²) in [5, 5.41) is 9.95. The number of ether oxygens (including phenoxy) is 2. The smallest absolute Gasteiger partial charge is 0.276 e. The minimum atomic E-state index is -0.163. The Morgan fingerprint density at radius 1 is 1.08 bits per heavy atom. The Bertz CT molecular complexity index is 807. The number of aromatic amines is 1. The molecule has 0 spiro atoms. The van der Waals surface area contributed by atoms with Gasteiger partial charge in [0.1, 0.15) is 0 Å². The molecule has 0 unspecified atom stereocenters. The van der Waals surface area contributed by atoms with Crippen LogP contribution in [0.4, 0.5) is 0 Å². The van der Waals surface area contributed by atoms with Crippen LogP contribution < -0.4 is 9.47 Å². The van der Waals surface area contributed by atoms with Crippen LogP contribution in [0.5, 0.6) is 11.5 Å². The van der Waals surface area contributed by atoms with Crippen molar-refractivity contribution in [3.8, 4) is 11.5 Å². The van der Waals surface area contributed by atoms with Gasteiger partial charge in [0.05, 0.1) is 12.6 Å². The van der Waals surface area contributed by atoms with Crippen molar-refractivity contribution in [1.82, 2.24) is 25.2 Å². The molecular weight excluding hydrogens is 338 g/mol. The summed E-state index contributed by atoms with van der Waals surface area (Å²) >= 11 is 0. The van der Waals surface area contributed by atoms with Gasteiger partial charge in [-0.2, -0.15) is 15.4 Å². The molecule has 2 aromatic rings. The summed E-state index contributed by atoms with van der Waals surface area (Å²) in [5.74, 6) is 1.26. The molecule has 2 aliphatic heterocycles. The first-order valence-electron chi connectivity index (χ1n) is 8.52. The number of amides is 2. The van der Waals surface area contributed by atoms with Crippen molar-refractivity contribution in [2.24, 2.45) is 0 Å². The Morgan fingerprint density at radius 3 is 2.73 bits per heavy atom. The van der Waals surface area contributed by atoms with Gasteiger partial charge < -0.3 is 19.3 Å². The lowest BCUT2D eigenvalue weighted by Crippen LogP contribution is -2.38. The molecule has 1 fully saturated rings. The van der Waals surface area contributed by atoms with Gasteiger partial charge in [-0.3, -0.25) is 9.59 Å². The highest BCUT2D eigenvalue weighted by atomic mass is 16.7. The Hall–Kier alpha value is -3.10. The van der Waals surface area contributed by atoms with Crippen molar-refractivity contribution in [1.29, 1.82) is 0 Å². The second-order valence-corrected chi connectivity index (χ2v) is 6.25. The monoisotopic (exact) mass is 357 g/mol. The van der Waals surface area contributed by atoms with E-state index in [2.05, 4.69) is 15.4 Å². The van der Waals surface area contributed by atoms with E-state index in [1.54, 1.807) is 9.80 Å². The average Bonchev–Trinajstić information content (AvgIpc) is 3.28. The maximum absolute atomic E-state index is 12.6. The van der Waals surface area contributed by atoms with E-state index in [1.807, 2.05) is 18.2 Å². The fourth-order valence-electron chi connectivity index (χ4n) is 3.17. The molecule has 0 saturated carbocycles. The topological polar surface area (TPSA) is 101 Å². The highest BCUT2D eigenvalue weighted by Crippen LogP contribution is 2.32. The normalized spacial score (nSPS) is 16.5. The highest BCUT2D eigenvalue weighted by Gasteiger charge is 2.24. The first kappa shape index (κ1) is 16.4. The molecule has 2 amide bonds. The van der Waals surface area contributed by atoms with E-state index in [4.69, 9.17) is 9.47 Å². The number of fused-ring (bicyclic) bond motifs is 1. The third-order valence-corrected chi connectivity index (χ3v) is 4.56. The molecule has 2 aliphatic rings. The molecule has 136 valence electrons. The van der Waals surface area contributed by atoms with Crippen LogP contribution in [-0.4, -0.2) is 70.0 Å². The summed E-state index contributed by atoms with van der Waals surface area (Å²) in [5.41, 5.74) is 1.18. The van der Waals surface area contributed by atoms with Crippen molar-refractivity contribution < 1.29 is 19.1 Å². The molecule has 1 N–H and O–H groups in total. The number of nitrogens with one attached hydrogen (secondary N) is 1. The quantitative estimate of drug-likeness (QED) is 0.856. The van der Waals surface area contributed by atoms with E-state index in [9.17, 15) is 9.59 Å². The van der Waals surface area contributed by atoms with Crippen molar-refractivity contribution in [3.05, 3.63) is 35.7 Å². The maximum Gasteiger partial charge on any atom is 0.276 e. The van der Waals surface area contributed by atoms with Gasteiger partial charge in [0.2, 0.25) is 12.7 Å². The van der Waals surface area contributed by atoms with Crippen LogP contribution in [0.25, 0.3) is 0 Å². The van der Waals surface area contributed by atoms with E-state index < -0.39 is 0 Å². The van der Waals surface area contributed by atoms with Crippen LogP contribution in [0.2, 0.25) is 0 Å². The van der Waals surface area contributed by atoms with E-state index >= 15 is 0 Å². The van der Waals surface area contributed by atoms with Gasteiger partial charge in [0, 0.05) is 26.2 Å². The van der Waals surface area contributed by atoms with Gasteiger partial charge in [-0.1, -0.05) is 6.07 Å². The Labute approximate surface area is 149 Å². The third-order valence-electron chi connectivity index (χ3n) is 4.56. The van der Waals surface area contributed by atoms with Gasteiger partial charge in [0.15, 0.2) is 17.2 Å². The molecule has 0 atom stereocenters. The highest BCUT2D eigenvalue weighted by molar-refractivity contribution is 5.92. The number of benzene rings is 1. The number of carbonyl (C=O) groups excluding carboxylic acids is 2. The third kappa shape index (κ3) is 3.32. The fraction of sp³-hybridized carbons (Fsp3) is 0.412. The first-order chi connectivity index (χ1) is 12.7. The second-order valence-electron chi connectivity index (χ2n) is 6.25. The predicted molar refractivity (Wildman–Crippen MR) is 89.8 cm³/mol. The van der Waals surface area contributed by atoms with Crippen LogP contribution >= 0.6 is 0 Å². The fourth-order valence-corrected chi connectivity index (χ4v) is 3.17. The molecule has 9 nitrogen and oxygen atoms in total. The van der Waals surface area contributed by atoms with Crippen LogP contribution in [0.15, 0.2) is 24.4 Å². The summed E-state index contributed by atoms with van der Waals surface area (Å²) in [6.07, 6.45) is 2.44. The summed E-state index contributed by atoms with van der Waals surface area (Å²) in [6.45, 7) is 2.44. The number of hydrogen-bond acceptors (Lipinski definition) is 6. The van der Waals surface area contributed by atoms with Crippen LogP contribution in [-0.2, 0) is 11.2 Å². The minimum absolute atomic E-state index is 0.0413.